The standard InChI is InChI=1S/C4H8OS.K.H/c1-3-5-4(2)6;;/h3H2,1-2H3;;. The SMILES string of the molecule is CCOC(C)=S.[KH]. The zero-order chi connectivity index (χ0) is 4.99. The Kier molecular flexibility index (Phi) is 12.2. The molecular formula is C4H9KOS. The third-order valence-electron chi connectivity index (χ3n) is 0.348. The van der Waals surface area contributed by atoms with Crippen LogP contribution < -0.4 is 0 Å². The Labute approximate surface area is 92.2 Å². The van der Waals surface area contributed by atoms with Gasteiger partial charge in [-0.25, -0.2) is 0 Å². The monoisotopic (exact) mass is 144 g/mol. The molecule has 0 heterocycles. The van der Waals surface area contributed by atoms with Crippen LogP contribution in [0.4, 0.5) is 0 Å². The topological polar surface area (TPSA) is 9.23 Å². The predicted molar refractivity (Wildman–Crippen MR) is 37.0 cm³/mol. The van der Waals surface area contributed by atoms with E-state index in [9.17, 15) is 0 Å². The van der Waals surface area contributed by atoms with Crippen molar-refractivity contribution in [3.05, 3.63) is 0 Å². The van der Waals surface area contributed by atoms with Crippen LogP contribution in [0.3, 0.4) is 0 Å². The van der Waals surface area contributed by atoms with Crippen LogP contribution in [-0.2, 0) is 4.74 Å². The summed E-state index contributed by atoms with van der Waals surface area (Å²) >= 11 is 4.57. The van der Waals surface area contributed by atoms with Gasteiger partial charge in [-0.3, -0.25) is 0 Å². The van der Waals surface area contributed by atoms with Crippen LogP contribution in [0.5, 0.6) is 0 Å². The van der Waals surface area contributed by atoms with Crippen molar-refractivity contribution >= 4 is 68.7 Å². The summed E-state index contributed by atoms with van der Waals surface area (Å²) in [4.78, 5) is 0. The van der Waals surface area contributed by atoms with E-state index in [1.807, 2.05) is 6.92 Å². The Morgan fingerprint density at radius 1 is 1.71 bits per heavy atom. The second-order valence-corrected chi connectivity index (χ2v) is 1.50. The summed E-state index contributed by atoms with van der Waals surface area (Å²) in [7, 11) is 0. The maximum atomic E-state index is 4.77. The van der Waals surface area contributed by atoms with Gasteiger partial charge in [-0.05, 0) is 19.1 Å². The molecule has 0 aromatic carbocycles. The van der Waals surface area contributed by atoms with E-state index in [1.54, 1.807) is 6.92 Å². The molecular weight excluding hydrogens is 135 g/mol. The van der Waals surface area contributed by atoms with Gasteiger partial charge in [0.1, 0.15) is 0 Å². The van der Waals surface area contributed by atoms with Crippen LogP contribution >= 0.6 is 12.2 Å². The van der Waals surface area contributed by atoms with Gasteiger partial charge in [0, 0.05) is 6.92 Å². The molecule has 0 aliphatic heterocycles. The van der Waals surface area contributed by atoms with Crippen molar-refractivity contribution in [3.63, 3.8) is 0 Å². The number of hydrogen-bond acceptors (Lipinski definition) is 2. The van der Waals surface area contributed by atoms with Gasteiger partial charge < -0.3 is 4.74 Å². The Morgan fingerprint density at radius 2 is 2.14 bits per heavy atom. The fourth-order valence-corrected chi connectivity index (χ4v) is 0.321. The Hall–Kier alpha value is 1.53. The molecule has 38 valence electrons. The van der Waals surface area contributed by atoms with Crippen molar-refractivity contribution in [2.45, 2.75) is 13.8 Å². The molecule has 0 fully saturated rings. The van der Waals surface area contributed by atoms with Crippen LogP contribution in [0.25, 0.3) is 0 Å². The first-order chi connectivity index (χ1) is 2.77. The van der Waals surface area contributed by atoms with E-state index in [4.69, 9.17) is 4.74 Å². The van der Waals surface area contributed by atoms with Gasteiger partial charge in [-0.1, -0.05) is 0 Å². The van der Waals surface area contributed by atoms with Crippen LogP contribution in [-0.4, -0.2) is 63.0 Å². The summed E-state index contributed by atoms with van der Waals surface area (Å²) in [5.41, 5.74) is 0. The molecule has 0 unspecified atom stereocenters. The van der Waals surface area contributed by atoms with Gasteiger partial charge in [0.2, 0.25) is 0 Å². The molecule has 0 aromatic heterocycles. The number of ether oxygens (including phenoxy) is 1. The molecule has 0 aliphatic rings. The molecule has 3 heteroatoms. The summed E-state index contributed by atoms with van der Waals surface area (Å²) in [5.74, 6) is 0. The Morgan fingerprint density at radius 3 is 2.14 bits per heavy atom. The minimum atomic E-state index is 0. The van der Waals surface area contributed by atoms with Crippen LogP contribution in [0.15, 0.2) is 0 Å². The van der Waals surface area contributed by atoms with Crippen molar-refractivity contribution in [1.82, 2.24) is 0 Å². The van der Waals surface area contributed by atoms with E-state index < -0.39 is 0 Å². The summed E-state index contributed by atoms with van der Waals surface area (Å²) in [6, 6.07) is 0. The van der Waals surface area contributed by atoms with Crippen molar-refractivity contribution in [2.24, 2.45) is 0 Å². The molecule has 0 N–H and O–H groups in total. The van der Waals surface area contributed by atoms with E-state index in [0.717, 1.165) is 0 Å². The van der Waals surface area contributed by atoms with Crippen molar-refractivity contribution in [3.8, 4) is 0 Å². The average Bonchev–Trinajstić information content (AvgIpc) is 1.35. The molecule has 0 aromatic rings. The third kappa shape index (κ3) is 11.2. The van der Waals surface area contributed by atoms with E-state index >= 15 is 0 Å². The number of rotatable bonds is 1. The molecule has 0 saturated heterocycles. The summed E-state index contributed by atoms with van der Waals surface area (Å²) in [5, 5.41) is 0.623. The molecule has 0 aliphatic carbocycles. The van der Waals surface area contributed by atoms with E-state index in [2.05, 4.69) is 12.2 Å². The van der Waals surface area contributed by atoms with Crippen LogP contribution in [0.2, 0.25) is 0 Å². The normalized spacial score (nSPS) is 6.57. The van der Waals surface area contributed by atoms with Crippen LogP contribution in [0, 0.1) is 0 Å². The zero-order valence-corrected chi connectivity index (χ0v) is 4.84. The van der Waals surface area contributed by atoms with Crippen LogP contribution in [0.1, 0.15) is 13.8 Å². The summed E-state index contributed by atoms with van der Waals surface area (Å²) < 4.78 is 4.77. The molecule has 0 amide bonds. The molecule has 0 rings (SSSR count). The van der Waals surface area contributed by atoms with Gasteiger partial charge in [-0.15, -0.1) is 0 Å². The zero-order valence-electron chi connectivity index (χ0n) is 4.02. The maximum absolute atomic E-state index is 4.77. The van der Waals surface area contributed by atoms with E-state index in [0.29, 0.717) is 11.7 Å². The molecule has 0 radical (unpaired) electrons. The predicted octanol–water partition coefficient (Wildman–Crippen LogP) is 0.722. The number of thiocarbonyl (C=S) groups is 1. The Bertz CT molecular complexity index is 55.7. The van der Waals surface area contributed by atoms with Gasteiger partial charge in [0.05, 0.1) is 6.61 Å². The molecule has 0 saturated carbocycles. The minimum absolute atomic E-state index is 0. The second kappa shape index (κ2) is 7.53. The van der Waals surface area contributed by atoms with Gasteiger partial charge in [0.15, 0.2) is 5.05 Å². The van der Waals surface area contributed by atoms with Crippen molar-refractivity contribution in [2.75, 3.05) is 6.61 Å². The van der Waals surface area contributed by atoms with Crippen molar-refractivity contribution in [1.29, 1.82) is 0 Å². The first kappa shape index (κ1) is 11.3. The second-order valence-electron chi connectivity index (χ2n) is 0.925. The van der Waals surface area contributed by atoms with Gasteiger partial charge in [0.25, 0.3) is 0 Å². The summed E-state index contributed by atoms with van der Waals surface area (Å²) in [6.45, 7) is 4.37. The first-order valence-electron chi connectivity index (χ1n) is 1.90. The number of hydrogen-bond donors (Lipinski definition) is 0. The average molecular weight is 144 g/mol. The molecule has 0 spiro atoms. The van der Waals surface area contributed by atoms with Crippen molar-refractivity contribution < 1.29 is 4.74 Å². The third-order valence-corrected chi connectivity index (χ3v) is 0.465. The van der Waals surface area contributed by atoms with E-state index in [-0.39, 0.29) is 51.4 Å². The first-order valence-corrected chi connectivity index (χ1v) is 2.31. The fraction of sp³-hybridized carbons (Fsp3) is 0.750. The van der Waals surface area contributed by atoms with E-state index in [1.165, 1.54) is 0 Å². The molecule has 0 bridgehead atoms. The van der Waals surface area contributed by atoms with Gasteiger partial charge >= 0.3 is 51.4 Å². The Balaban J connectivity index is 0. The van der Waals surface area contributed by atoms with Gasteiger partial charge in [-0.2, -0.15) is 0 Å². The molecule has 7 heavy (non-hydrogen) atoms. The summed E-state index contributed by atoms with van der Waals surface area (Å²) in [6.07, 6.45) is 0. The quantitative estimate of drug-likeness (QED) is 0.396. The fourth-order valence-electron chi connectivity index (χ4n) is 0.203. The molecule has 1 nitrogen and oxygen atoms in total. The molecule has 0 atom stereocenters.